The fourth-order valence-corrected chi connectivity index (χ4v) is 0.993. The third kappa shape index (κ3) is 7.50. The van der Waals surface area contributed by atoms with E-state index in [0.29, 0.717) is 0 Å². The molecule has 0 aromatic heterocycles. The van der Waals surface area contributed by atoms with E-state index < -0.39 is 5.97 Å². The number of aliphatic carboxylic acids is 1. The second-order valence-electron chi connectivity index (χ2n) is 3.20. The molecule has 1 N–H and O–H groups in total. The van der Waals surface area contributed by atoms with Gasteiger partial charge in [0.2, 0.25) is 0 Å². The van der Waals surface area contributed by atoms with Crippen LogP contribution in [0.3, 0.4) is 0 Å². The Kier molecular flexibility index (Phi) is 11.0. The number of nitrogens with zero attached hydrogens (tertiary/aromatic N) is 1. The van der Waals surface area contributed by atoms with Crippen molar-refractivity contribution in [3.8, 4) is 0 Å². The third-order valence-corrected chi connectivity index (χ3v) is 2.13. The quantitative estimate of drug-likeness (QED) is 0.425. The van der Waals surface area contributed by atoms with E-state index in [1.807, 2.05) is 11.9 Å². The molecular formula is C9H20NNaO2. The Morgan fingerprint density at radius 2 is 2.08 bits per heavy atom. The van der Waals surface area contributed by atoms with Crippen molar-refractivity contribution in [3.05, 3.63) is 0 Å². The Balaban J connectivity index is -0.000000605. The van der Waals surface area contributed by atoms with Crippen LogP contribution in [0.15, 0.2) is 0 Å². The van der Waals surface area contributed by atoms with Crippen LogP contribution in [-0.2, 0) is 4.79 Å². The first-order valence-corrected chi connectivity index (χ1v) is 4.52. The van der Waals surface area contributed by atoms with Gasteiger partial charge in [0.05, 0.1) is 0 Å². The first kappa shape index (κ1) is 15.9. The predicted molar refractivity (Wildman–Crippen MR) is 50.4 cm³/mol. The number of rotatable bonds is 6. The van der Waals surface area contributed by atoms with E-state index in [-0.39, 0.29) is 37.0 Å². The van der Waals surface area contributed by atoms with Crippen LogP contribution >= 0.6 is 0 Å². The number of carboxylic acids is 1. The van der Waals surface area contributed by atoms with Crippen molar-refractivity contribution < 1.29 is 40.9 Å². The predicted octanol–water partition coefficient (Wildman–Crippen LogP) is -1.30. The molecule has 0 fully saturated rings. The summed E-state index contributed by atoms with van der Waals surface area (Å²) in [5.41, 5.74) is 0. The summed E-state index contributed by atoms with van der Waals surface area (Å²) in [5.74, 6) is -0.742. The number of hydrogen-bond acceptors (Lipinski definition) is 2. The van der Waals surface area contributed by atoms with Gasteiger partial charge in [0.15, 0.2) is 0 Å². The molecule has 0 amide bonds. The zero-order chi connectivity index (χ0) is 9.56. The van der Waals surface area contributed by atoms with Gasteiger partial charge in [-0.05, 0) is 26.9 Å². The third-order valence-electron chi connectivity index (χ3n) is 2.13. The van der Waals surface area contributed by atoms with Gasteiger partial charge in [0.1, 0.15) is 6.04 Å². The molecule has 0 rings (SSSR count). The van der Waals surface area contributed by atoms with Crippen LogP contribution in [0.25, 0.3) is 0 Å². The summed E-state index contributed by atoms with van der Waals surface area (Å²) in [6, 6.07) is -0.359. The molecular weight excluding hydrogens is 177 g/mol. The maximum Gasteiger partial charge on any atom is 1.00 e. The monoisotopic (exact) mass is 197 g/mol. The molecule has 0 bridgehead atoms. The second kappa shape index (κ2) is 9.00. The molecule has 4 heteroatoms. The van der Waals surface area contributed by atoms with Gasteiger partial charge in [-0.3, -0.25) is 9.69 Å². The number of unbranched alkanes of at least 4 members (excludes halogenated alkanes) is 2. The zero-order valence-electron chi connectivity index (χ0n) is 10.2. The molecule has 0 aliphatic heterocycles. The minimum Gasteiger partial charge on any atom is -1.00 e. The first-order valence-electron chi connectivity index (χ1n) is 4.52. The molecule has 1 unspecified atom stereocenters. The molecule has 13 heavy (non-hydrogen) atoms. The Hall–Kier alpha value is 0.430. The summed E-state index contributed by atoms with van der Waals surface area (Å²) >= 11 is 0. The Morgan fingerprint density at radius 1 is 1.54 bits per heavy atom. The van der Waals surface area contributed by atoms with Gasteiger partial charge in [-0.2, -0.15) is 0 Å². The Morgan fingerprint density at radius 3 is 2.46 bits per heavy atom. The largest absolute Gasteiger partial charge is 1.00 e. The fraction of sp³-hybridized carbons (Fsp3) is 0.889. The van der Waals surface area contributed by atoms with Crippen molar-refractivity contribution in [2.75, 3.05) is 13.6 Å². The molecule has 0 saturated carbocycles. The molecule has 0 aliphatic rings. The minimum absolute atomic E-state index is 0. The number of carboxylic acid groups (broad SMARTS) is 1. The number of likely N-dealkylation sites (N-methyl/N-ethyl adjacent to an activating group) is 1. The van der Waals surface area contributed by atoms with Gasteiger partial charge in [-0.1, -0.05) is 19.8 Å². The van der Waals surface area contributed by atoms with Crippen LogP contribution in [0, 0.1) is 0 Å². The molecule has 0 heterocycles. The van der Waals surface area contributed by atoms with Crippen molar-refractivity contribution in [3.63, 3.8) is 0 Å². The first-order chi connectivity index (χ1) is 5.59. The normalized spacial score (nSPS) is 12.3. The smallest absolute Gasteiger partial charge is 1.00 e. The van der Waals surface area contributed by atoms with E-state index in [9.17, 15) is 4.79 Å². The molecule has 0 aliphatic carbocycles. The Bertz CT molecular complexity index is 147. The van der Waals surface area contributed by atoms with Crippen molar-refractivity contribution in [1.82, 2.24) is 4.90 Å². The van der Waals surface area contributed by atoms with E-state index in [4.69, 9.17) is 5.11 Å². The zero-order valence-corrected chi connectivity index (χ0v) is 11.2. The second-order valence-corrected chi connectivity index (χ2v) is 3.20. The van der Waals surface area contributed by atoms with Gasteiger partial charge in [0, 0.05) is 0 Å². The van der Waals surface area contributed by atoms with E-state index >= 15 is 0 Å². The van der Waals surface area contributed by atoms with Crippen LogP contribution in [0.5, 0.6) is 0 Å². The standard InChI is InChI=1S/C9H19NO2.Na.H/c1-4-5-6-7-10(3)8(2)9(11)12;;/h8H,4-7H2,1-3H3,(H,11,12);;/q;+1;-1. The van der Waals surface area contributed by atoms with Gasteiger partial charge in [-0.25, -0.2) is 0 Å². The summed E-state index contributed by atoms with van der Waals surface area (Å²) in [4.78, 5) is 12.4. The van der Waals surface area contributed by atoms with E-state index in [2.05, 4.69) is 6.92 Å². The summed E-state index contributed by atoms with van der Waals surface area (Å²) in [5, 5.41) is 8.67. The average Bonchev–Trinajstić information content (AvgIpc) is 2.03. The molecule has 3 nitrogen and oxygen atoms in total. The summed E-state index contributed by atoms with van der Waals surface area (Å²) < 4.78 is 0. The molecule has 0 spiro atoms. The molecule has 74 valence electrons. The maximum atomic E-state index is 10.5. The summed E-state index contributed by atoms with van der Waals surface area (Å²) in [6.07, 6.45) is 3.44. The minimum atomic E-state index is -0.742. The average molecular weight is 197 g/mol. The summed E-state index contributed by atoms with van der Waals surface area (Å²) in [7, 11) is 1.86. The molecule has 0 radical (unpaired) electrons. The number of carbonyl (C=O) groups is 1. The topological polar surface area (TPSA) is 40.5 Å². The van der Waals surface area contributed by atoms with Gasteiger partial charge in [-0.15, -0.1) is 0 Å². The van der Waals surface area contributed by atoms with Gasteiger partial charge in [0.25, 0.3) is 0 Å². The van der Waals surface area contributed by atoms with Gasteiger partial charge >= 0.3 is 35.5 Å². The maximum absolute atomic E-state index is 10.5. The summed E-state index contributed by atoms with van der Waals surface area (Å²) in [6.45, 7) is 4.73. The van der Waals surface area contributed by atoms with Crippen LogP contribution < -0.4 is 29.6 Å². The van der Waals surface area contributed by atoms with Crippen molar-refractivity contribution in [2.45, 2.75) is 39.2 Å². The van der Waals surface area contributed by atoms with E-state index in [1.165, 1.54) is 12.8 Å². The van der Waals surface area contributed by atoms with Crippen LogP contribution in [0.1, 0.15) is 34.5 Å². The molecule has 0 aromatic carbocycles. The van der Waals surface area contributed by atoms with Gasteiger partial charge < -0.3 is 6.53 Å². The fourth-order valence-electron chi connectivity index (χ4n) is 0.993. The van der Waals surface area contributed by atoms with Crippen molar-refractivity contribution >= 4 is 5.97 Å². The van der Waals surface area contributed by atoms with Crippen LogP contribution in [0.4, 0.5) is 0 Å². The number of hydrogen-bond donors (Lipinski definition) is 1. The van der Waals surface area contributed by atoms with E-state index in [0.717, 1.165) is 13.0 Å². The van der Waals surface area contributed by atoms with Crippen molar-refractivity contribution in [1.29, 1.82) is 0 Å². The Labute approximate surface area is 104 Å². The molecule has 1 atom stereocenters. The van der Waals surface area contributed by atoms with Crippen molar-refractivity contribution in [2.24, 2.45) is 0 Å². The molecule has 0 aromatic rings. The molecule has 0 saturated heterocycles. The SMILES string of the molecule is CCCCCN(C)C(C)C(=O)O.[H-].[Na+]. The van der Waals surface area contributed by atoms with Crippen LogP contribution in [0.2, 0.25) is 0 Å². The van der Waals surface area contributed by atoms with E-state index in [1.54, 1.807) is 6.92 Å². The van der Waals surface area contributed by atoms with Crippen LogP contribution in [-0.4, -0.2) is 35.6 Å².